The first-order valence-electron chi connectivity index (χ1n) is 23.3. The van der Waals surface area contributed by atoms with Crippen LogP contribution >= 0.6 is 31.9 Å². The van der Waals surface area contributed by atoms with E-state index in [0.717, 1.165) is 28.6 Å². The van der Waals surface area contributed by atoms with Gasteiger partial charge in [0.25, 0.3) is 0 Å². The number of aromatic hydroxyl groups is 1. The maximum absolute atomic E-state index is 12.7. The van der Waals surface area contributed by atoms with Crippen LogP contribution in [0.1, 0.15) is 124 Å². The molecule has 0 spiro atoms. The summed E-state index contributed by atoms with van der Waals surface area (Å²) in [7, 11) is 0. The lowest BCUT2D eigenvalue weighted by Crippen LogP contribution is -2.33. The minimum Gasteiger partial charge on any atom is -0.507 e. The van der Waals surface area contributed by atoms with E-state index in [4.69, 9.17) is 38.2 Å². The van der Waals surface area contributed by atoms with E-state index >= 15 is 0 Å². The number of rotatable bonds is 7. The molecular formula is C55H61Br2NO10. The normalized spacial score (nSPS) is 16.2. The number of para-hydroxylation sites is 2. The van der Waals surface area contributed by atoms with Gasteiger partial charge in [-0.25, -0.2) is 4.79 Å². The van der Waals surface area contributed by atoms with Crippen molar-refractivity contribution in [3.05, 3.63) is 118 Å². The van der Waals surface area contributed by atoms with Crippen LogP contribution in [0.2, 0.25) is 0 Å². The Labute approximate surface area is 415 Å². The number of fused-ring (bicyclic) bond motifs is 6. The SMILES string of the molecule is CCC(Br)CBr.CCOC(=O)C1Cn2c(c(C3CCCCC3)c3ccc(C)cc32)-c2ccccc2O1.Cc1ccc2c(c1)CC(c1ccccc1O)=C2C1CCCCC1.O=C=O.O=C=O.O=C=O. The summed E-state index contributed by atoms with van der Waals surface area (Å²) in [5, 5.41) is 12.8. The summed E-state index contributed by atoms with van der Waals surface area (Å²) in [6.07, 6.45) is 15.2. The van der Waals surface area contributed by atoms with E-state index in [-0.39, 0.29) is 24.4 Å². The second-order valence-electron chi connectivity index (χ2n) is 17.1. The predicted octanol–water partition coefficient (Wildman–Crippen LogP) is 12.5. The van der Waals surface area contributed by atoms with E-state index in [9.17, 15) is 9.90 Å². The van der Waals surface area contributed by atoms with Gasteiger partial charge < -0.3 is 19.1 Å². The van der Waals surface area contributed by atoms with Crippen LogP contribution in [0, 0.1) is 19.8 Å². The third-order valence-electron chi connectivity index (χ3n) is 12.7. The molecule has 5 aromatic rings. The van der Waals surface area contributed by atoms with Gasteiger partial charge in [0.15, 0.2) is 0 Å². The Hall–Kier alpha value is -5.67. The van der Waals surface area contributed by atoms with E-state index in [1.807, 2.05) is 37.3 Å². The number of esters is 1. The molecule has 2 unspecified atom stereocenters. The molecule has 2 saturated carbocycles. The maximum Gasteiger partial charge on any atom is 0.373 e. The Balaban J connectivity index is 0.000000234. The van der Waals surface area contributed by atoms with Crippen LogP contribution in [-0.4, -0.2) is 57.0 Å². The molecule has 68 heavy (non-hydrogen) atoms. The molecule has 360 valence electrons. The molecule has 0 amide bonds. The summed E-state index contributed by atoms with van der Waals surface area (Å²) in [5.41, 5.74) is 14.3. The van der Waals surface area contributed by atoms with E-state index < -0.39 is 6.10 Å². The summed E-state index contributed by atoms with van der Waals surface area (Å²) in [6, 6.07) is 29.6. The maximum atomic E-state index is 12.7. The molecule has 2 fully saturated rings. The Morgan fingerprint density at radius 2 is 1.31 bits per heavy atom. The minimum atomic E-state index is -0.650. The molecule has 0 radical (unpaired) electrons. The van der Waals surface area contributed by atoms with Crippen molar-refractivity contribution in [2.45, 2.75) is 128 Å². The van der Waals surface area contributed by atoms with Gasteiger partial charge in [0.1, 0.15) is 11.5 Å². The van der Waals surface area contributed by atoms with Crippen molar-refractivity contribution in [3.8, 4) is 22.8 Å². The largest absolute Gasteiger partial charge is 0.507 e. The molecule has 0 saturated heterocycles. The number of hydrogen-bond donors (Lipinski definition) is 1. The number of carbonyl (C=O) groups is 1. The predicted molar refractivity (Wildman–Crippen MR) is 267 cm³/mol. The zero-order valence-electron chi connectivity index (χ0n) is 39.3. The van der Waals surface area contributed by atoms with E-state index in [1.54, 1.807) is 0 Å². The number of aromatic nitrogens is 1. The molecule has 11 nitrogen and oxygen atoms in total. The fourth-order valence-corrected chi connectivity index (χ4v) is 10.2. The molecule has 13 heteroatoms. The second-order valence-corrected chi connectivity index (χ2v) is 19.0. The van der Waals surface area contributed by atoms with Crippen molar-refractivity contribution in [3.63, 3.8) is 0 Å². The van der Waals surface area contributed by atoms with Crippen molar-refractivity contribution in [1.29, 1.82) is 0 Å². The number of aryl methyl sites for hydroxylation is 2. The number of phenols is 1. The highest BCUT2D eigenvalue weighted by molar-refractivity contribution is 9.12. The number of carbonyl (C=O) groups excluding carboxylic acids is 7. The Kier molecular flexibility index (Phi) is 23.1. The number of ether oxygens (including phenoxy) is 2. The van der Waals surface area contributed by atoms with Crippen LogP contribution < -0.4 is 4.74 Å². The van der Waals surface area contributed by atoms with Gasteiger partial charge in [0, 0.05) is 32.2 Å². The van der Waals surface area contributed by atoms with Crippen LogP contribution in [0.25, 0.3) is 33.3 Å². The number of phenolic OH excluding ortho intramolecular Hbond substituents is 1. The van der Waals surface area contributed by atoms with Crippen molar-refractivity contribution in [2.24, 2.45) is 5.92 Å². The Morgan fingerprint density at radius 1 is 0.750 bits per heavy atom. The quantitative estimate of drug-likeness (QED) is 0.123. The van der Waals surface area contributed by atoms with E-state index in [2.05, 4.69) is 112 Å². The van der Waals surface area contributed by atoms with Crippen LogP contribution in [0.5, 0.6) is 11.5 Å². The highest BCUT2D eigenvalue weighted by Gasteiger charge is 2.34. The molecular weight excluding hydrogens is 994 g/mol. The van der Waals surface area contributed by atoms with Crippen LogP contribution in [-0.2, 0) is 51.3 Å². The molecule has 2 heterocycles. The minimum absolute atomic E-state index is 0.250. The first kappa shape index (κ1) is 54.9. The van der Waals surface area contributed by atoms with Crippen molar-refractivity contribution in [2.75, 3.05) is 11.9 Å². The van der Waals surface area contributed by atoms with Gasteiger partial charge in [-0.15, -0.1) is 0 Å². The molecule has 0 bridgehead atoms. The third kappa shape index (κ3) is 14.4. The number of nitrogens with zero attached hydrogens (tertiary/aromatic N) is 1. The fraction of sp³-hybridized carbons (Fsp3) is 0.418. The molecule has 1 aromatic heterocycles. The fourth-order valence-electron chi connectivity index (χ4n) is 9.77. The van der Waals surface area contributed by atoms with Gasteiger partial charge in [0.2, 0.25) is 6.10 Å². The molecule has 4 aromatic carbocycles. The van der Waals surface area contributed by atoms with Crippen molar-refractivity contribution < 1.29 is 48.1 Å². The molecule has 3 aliphatic carbocycles. The van der Waals surface area contributed by atoms with E-state index in [0.29, 0.717) is 35.6 Å². The topological polar surface area (TPSA) is 163 Å². The molecule has 9 rings (SSSR count). The standard InChI is InChI=1S/C26H29NO3.C22H24O.C4H8Br2.3CO2/c1-3-29-26(28)23-16-27-21-15-17(2)13-14-19(21)24(18-9-5-4-6-10-18)25(27)20-11-7-8-12-22(20)30-23;1-15-11-12-18-17(13-15)14-20(19-9-5-6-10-21(19)23)22(18)16-7-3-2-4-8-16;1-2-4(6)3-5;3*2-1-3/h7-8,11-15,18,23H,3-6,9-10,16H2,1-2H3;5-6,9-13,16,23H,2-4,7-8,14H2,1H3;4H,2-3H2,1H3;;;. The van der Waals surface area contributed by atoms with Gasteiger partial charge in [-0.05, 0) is 129 Å². The molecule has 1 N–H and O–H groups in total. The van der Waals surface area contributed by atoms with E-state index in [1.165, 1.54) is 126 Å². The monoisotopic (exact) mass is 1050 g/mol. The average molecular weight is 1060 g/mol. The highest BCUT2D eigenvalue weighted by Crippen LogP contribution is 2.49. The molecule has 2 atom stereocenters. The Morgan fingerprint density at radius 3 is 1.88 bits per heavy atom. The number of alkyl halides is 2. The van der Waals surface area contributed by atoms with Crippen LogP contribution in [0.15, 0.2) is 84.9 Å². The number of hydrogen-bond acceptors (Lipinski definition) is 10. The smallest absolute Gasteiger partial charge is 0.373 e. The molecule has 1 aliphatic heterocycles. The highest BCUT2D eigenvalue weighted by atomic mass is 79.9. The number of allylic oxidation sites excluding steroid dienone is 2. The first-order valence-corrected chi connectivity index (χ1v) is 25.3. The van der Waals surface area contributed by atoms with Crippen molar-refractivity contribution in [1.82, 2.24) is 4.57 Å². The van der Waals surface area contributed by atoms with Gasteiger partial charge in [-0.2, -0.15) is 28.8 Å². The number of benzene rings is 4. The summed E-state index contributed by atoms with van der Waals surface area (Å²) in [6.45, 7) is 9.11. The summed E-state index contributed by atoms with van der Waals surface area (Å²) in [5.74, 6) is 2.09. The average Bonchev–Trinajstić information content (AvgIpc) is 3.81. The zero-order chi connectivity index (χ0) is 49.6. The van der Waals surface area contributed by atoms with Gasteiger partial charge in [-0.1, -0.05) is 144 Å². The first-order chi connectivity index (χ1) is 33.0. The summed E-state index contributed by atoms with van der Waals surface area (Å²) in [4.78, 5) is 62.1. The van der Waals surface area contributed by atoms with Gasteiger partial charge >= 0.3 is 24.4 Å². The molecule has 4 aliphatic rings. The van der Waals surface area contributed by atoms with Crippen molar-refractivity contribution >= 4 is 78.3 Å². The lowest BCUT2D eigenvalue weighted by atomic mass is 9.79. The lowest BCUT2D eigenvalue weighted by Gasteiger charge is -2.25. The van der Waals surface area contributed by atoms with Crippen LogP contribution in [0.3, 0.4) is 0 Å². The van der Waals surface area contributed by atoms with Gasteiger partial charge in [-0.3, -0.25) is 0 Å². The lowest BCUT2D eigenvalue weighted by molar-refractivity contribution is -0.193. The summed E-state index contributed by atoms with van der Waals surface area (Å²) >= 11 is 6.76. The van der Waals surface area contributed by atoms with Crippen LogP contribution in [0.4, 0.5) is 0 Å². The Bertz CT molecular complexity index is 2540. The zero-order valence-corrected chi connectivity index (χ0v) is 42.5. The van der Waals surface area contributed by atoms with Gasteiger partial charge in [0.05, 0.1) is 18.8 Å². The number of halogens is 2. The third-order valence-corrected chi connectivity index (χ3v) is 15.3. The second kappa shape index (κ2) is 28.6. The summed E-state index contributed by atoms with van der Waals surface area (Å²) < 4.78 is 13.9.